The van der Waals surface area contributed by atoms with Gasteiger partial charge >= 0.3 is 0 Å². The van der Waals surface area contributed by atoms with Gasteiger partial charge in [0.1, 0.15) is 0 Å². The molecule has 0 unspecified atom stereocenters. The van der Waals surface area contributed by atoms with Crippen LogP contribution >= 0.6 is 23.2 Å². The van der Waals surface area contributed by atoms with Crippen LogP contribution < -0.4 is 5.43 Å². The molecule has 3 rings (SSSR count). The number of rotatable bonds is 6. The van der Waals surface area contributed by atoms with Crippen LogP contribution in [0.1, 0.15) is 16.7 Å². The number of hydrogen-bond acceptors (Lipinski definition) is 5. The molecule has 3 aromatic rings. The molecular weight excluding hydrogens is 429 g/mol. The first-order valence-corrected chi connectivity index (χ1v) is 9.39. The Labute approximate surface area is 181 Å². The third kappa shape index (κ3) is 4.49. The number of halogens is 2. The predicted octanol–water partition coefficient (Wildman–Crippen LogP) is 4.29. The summed E-state index contributed by atoms with van der Waals surface area (Å²) in [5, 5.41) is 27.1. The number of aliphatic hydroxyl groups is 1. The topological polar surface area (TPSA) is 105 Å². The molecule has 0 aliphatic heterocycles. The third-order valence-electron chi connectivity index (χ3n) is 4.36. The fourth-order valence-electron chi connectivity index (χ4n) is 2.82. The maximum Gasteiger partial charge on any atom is 0.281 e. The maximum atomic E-state index is 13.0. The molecule has 9 heteroatoms. The Balaban J connectivity index is 1.94. The number of carbonyl (C=O) groups is 1. The summed E-state index contributed by atoms with van der Waals surface area (Å²) in [6.45, 7) is 0. The summed E-state index contributed by atoms with van der Waals surface area (Å²) in [6, 6.07) is 18.2. The predicted molar refractivity (Wildman–Crippen MR) is 115 cm³/mol. The Hall–Kier alpha value is -3.26. The largest absolute Gasteiger partial charge is 0.372 e. The average Bonchev–Trinajstić information content (AvgIpc) is 2.74. The minimum atomic E-state index is -2.10. The van der Waals surface area contributed by atoms with Crippen LogP contribution in [0.3, 0.4) is 0 Å². The van der Waals surface area contributed by atoms with Gasteiger partial charge in [0.15, 0.2) is 5.60 Å². The number of hydrogen-bond donors (Lipinski definition) is 2. The zero-order chi connectivity index (χ0) is 21.7. The molecule has 0 radical (unpaired) electrons. The first-order valence-electron chi connectivity index (χ1n) is 8.64. The number of nitro groups is 1. The molecule has 152 valence electrons. The summed E-state index contributed by atoms with van der Waals surface area (Å²) in [5.74, 6) is -0.859. The van der Waals surface area contributed by atoms with E-state index >= 15 is 0 Å². The van der Waals surface area contributed by atoms with Gasteiger partial charge < -0.3 is 5.11 Å². The van der Waals surface area contributed by atoms with Crippen molar-refractivity contribution in [3.05, 3.63) is 110 Å². The lowest BCUT2D eigenvalue weighted by atomic mass is 9.85. The molecule has 2 N–H and O–H groups in total. The monoisotopic (exact) mass is 443 g/mol. The standard InChI is InChI=1S/C21H15Cl2N3O4/c22-17-9-5-15(6-10-17)21(28,16-7-11-18(23)12-8-16)20(27)25-24-13-14-3-1-2-4-19(14)26(29)30/h1-13,28H,(H,25,27). The highest BCUT2D eigenvalue weighted by Gasteiger charge is 2.40. The summed E-state index contributed by atoms with van der Waals surface area (Å²) < 4.78 is 0. The van der Waals surface area contributed by atoms with Crippen molar-refractivity contribution in [1.82, 2.24) is 5.43 Å². The van der Waals surface area contributed by atoms with Gasteiger partial charge in [-0.2, -0.15) is 5.10 Å². The molecule has 30 heavy (non-hydrogen) atoms. The van der Waals surface area contributed by atoms with Crippen molar-refractivity contribution in [2.75, 3.05) is 0 Å². The van der Waals surface area contributed by atoms with E-state index in [4.69, 9.17) is 23.2 Å². The van der Waals surface area contributed by atoms with Gasteiger partial charge in [-0.3, -0.25) is 14.9 Å². The molecule has 7 nitrogen and oxygen atoms in total. The van der Waals surface area contributed by atoms with Gasteiger partial charge in [0.05, 0.1) is 16.7 Å². The number of nitrogens with zero attached hydrogens (tertiary/aromatic N) is 2. The van der Waals surface area contributed by atoms with E-state index in [1.165, 1.54) is 42.5 Å². The van der Waals surface area contributed by atoms with Crippen LogP contribution in [0.15, 0.2) is 77.9 Å². The second-order valence-electron chi connectivity index (χ2n) is 6.24. The van der Waals surface area contributed by atoms with Crippen LogP contribution in [0, 0.1) is 10.1 Å². The van der Waals surface area contributed by atoms with Gasteiger partial charge in [0.2, 0.25) is 0 Å². The van der Waals surface area contributed by atoms with Crippen LogP contribution in [0.25, 0.3) is 0 Å². The van der Waals surface area contributed by atoms with Gasteiger partial charge in [0.25, 0.3) is 11.6 Å². The lowest BCUT2D eigenvalue weighted by molar-refractivity contribution is -0.385. The molecule has 0 spiro atoms. The van der Waals surface area contributed by atoms with E-state index in [9.17, 15) is 20.0 Å². The number of amides is 1. The normalized spacial score (nSPS) is 11.4. The number of carbonyl (C=O) groups excluding carboxylic acids is 1. The van der Waals surface area contributed by atoms with Crippen molar-refractivity contribution >= 4 is 41.0 Å². The SMILES string of the molecule is O=C(NN=Cc1ccccc1[N+](=O)[O-])C(O)(c1ccc(Cl)cc1)c1ccc(Cl)cc1. The van der Waals surface area contributed by atoms with Crippen molar-refractivity contribution in [2.45, 2.75) is 5.60 Å². The van der Waals surface area contributed by atoms with Crippen LogP contribution in [0.5, 0.6) is 0 Å². The lowest BCUT2D eigenvalue weighted by Crippen LogP contribution is -2.43. The first kappa shape index (κ1) is 21.4. The van der Waals surface area contributed by atoms with E-state index in [1.54, 1.807) is 30.3 Å². The third-order valence-corrected chi connectivity index (χ3v) is 4.86. The Morgan fingerprint density at radius 3 is 1.97 bits per heavy atom. The smallest absolute Gasteiger partial charge is 0.281 e. The highest BCUT2D eigenvalue weighted by molar-refractivity contribution is 6.30. The quantitative estimate of drug-likeness (QED) is 0.336. The van der Waals surface area contributed by atoms with Crippen LogP contribution in [-0.2, 0) is 10.4 Å². The van der Waals surface area contributed by atoms with Crippen molar-refractivity contribution in [2.24, 2.45) is 5.10 Å². The van der Waals surface area contributed by atoms with Crippen molar-refractivity contribution < 1.29 is 14.8 Å². The lowest BCUT2D eigenvalue weighted by Gasteiger charge is -2.27. The highest BCUT2D eigenvalue weighted by Crippen LogP contribution is 2.31. The number of benzene rings is 3. The maximum absolute atomic E-state index is 13.0. The number of para-hydroxylation sites is 1. The van der Waals surface area contributed by atoms with Gasteiger partial charge in [-0.05, 0) is 41.5 Å². The molecule has 0 heterocycles. The fourth-order valence-corrected chi connectivity index (χ4v) is 3.07. The van der Waals surface area contributed by atoms with E-state index in [0.29, 0.717) is 10.0 Å². The molecule has 0 saturated carbocycles. The minimum Gasteiger partial charge on any atom is -0.372 e. The summed E-state index contributed by atoms with van der Waals surface area (Å²) in [5.41, 5.74) is 0.701. The van der Waals surface area contributed by atoms with E-state index in [1.807, 2.05) is 0 Å². The zero-order valence-corrected chi connectivity index (χ0v) is 16.8. The minimum absolute atomic E-state index is 0.166. The fraction of sp³-hybridized carbons (Fsp3) is 0.0476. The Morgan fingerprint density at radius 1 is 0.967 bits per heavy atom. The van der Waals surface area contributed by atoms with Gasteiger partial charge in [-0.1, -0.05) is 59.6 Å². The zero-order valence-electron chi connectivity index (χ0n) is 15.3. The molecule has 0 atom stereocenters. The molecule has 1 amide bonds. The van der Waals surface area contributed by atoms with Crippen LogP contribution in [-0.4, -0.2) is 22.2 Å². The van der Waals surface area contributed by atoms with E-state index in [2.05, 4.69) is 10.5 Å². The van der Waals surface area contributed by atoms with Crippen molar-refractivity contribution in [3.8, 4) is 0 Å². The average molecular weight is 444 g/mol. The van der Waals surface area contributed by atoms with Gasteiger partial charge in [-0.25, -0.2) is 5.43 Å². The van der Waals surface area contributed by atoms with E-state index in [-0.39, 0.29) is 22.4 Å². The van der Waals surface area contributed by atoms with Crippen LogP contribution in [0.4, 0.5) is 5.69 Å². The Kier molecular flexibility index (Phi) is 6.47. The molecule has 0 aromatic heterocycles. The summed E-state index contributed by atoms with van der Waals surface area (Å²) >= 11 is 11.8. The first-order chi connectivity index (χ1) is 14.3. The molecule has 0 aliphatic rings. The Morgan fingerprint density at radius 2 is 1.47 bits per heavy atom. The van der Waals surface area contributed by atoms with Gasteiger partial charge in [-0.15, -0.1) is 0 Å². The highest BCUT2D eigenvalue weighted by atomic mass is 35.5. The van der Waals surface area contributed by atoms with Crippen molar-refractivity contribution in [1.29, 1.82) is 0 Å². The molecule has 0 fully saturated rings. The summed E-state index contributed by atoms with van der Waals surface area (Å²) in [7, 11) is 0. The summed E-state index contributed by atoms with van der Waals surface area (Å²) in [4.78, 5) is 23.5. The van der Waals surface area contributed by atoms with Crippen molar-refractivity contribution in [3.63, 3.8) is 0 Å². The molecule has 0 bridgehead atoms. The molecule has 0 aliphatic carbocycles. The van der Waals surface area contributed by atoms with E-state index < -0.39 is 16.4 Å². The molecule has 3 aromatic carbocycles. The number of hydrazone groups is 1. The van der Waals surface area contributed by atoms with Gasteiger partial charge in [0, 0.05) is 16.1 Å². The molecule has 0 saturated heterocycles. The van der Waals surface area contributed by atoms with E-state index in [0.717, 1.165) is 6.21 Å². The second kappa shape index (κ2) is 9.04. The molecular formula is C21H15Cl2N3O4. The summed E-state index contributed by atoms with van der Waals surface area (Å²) in [6.07, 6.45) is 1.14. The second-order valence-corrected chi connectivity index (χ2v) is 7.11. The number of nitro benzene ring substituents is 1. The Bertz CT molecular complexity index is 1050. The van der Waals surface area contributed by atoms with Crippen LogP contribution in [0.2, 0.25) is 10.0 Å². The number of nitrogens with one attached hydrogen (secondary N) is 1.